The Bertz CT molecular complexity index is 676. The fourth-order valence-corrected chi connectivity index (χ4v) is 2.94. The third kappa shape index (κ3) is 5.35. The van der Waals surface area contributed by atoms with E-state index in [0.29, 0.717) is 30.2 Å². The van der Waals surface area contributed by atoms with Crippen molar-refractivity contribution in [2.45, 2.75) is 11.8 Å². The maximum atomic E-state index is 12.2. The maximum Gasteiger partial charge on any atom is 0.251 e. The Hall–Kier alpha value is -1.85. The molecule has 4 nitrogen and oxygen atoms in total. The zero-order valence-electron chi connectivity index (χ0n) is 13.7. The van der Waals surface area contributed by atoms with E-state index in [1.54, 1.807) is 37.1 Å². The highest BCUT2D eigenvalue weighted by Gasteiger charge is 2.10. The van der Waals surface area contributed by atoms with E-state index in [1.807, 2.05) is 31.2 Å². The van der Waals surface area contributed by atoms with E-state index in [1.165, 1.54) is 0 Å². The van der Waals surface area contributed by atoms with Gasteiger partial charge in [0, 0.05) is 27.8 Å². The fraction of sp³-hybridized carbons (Fsp3) is 0.278. The number of methoxy groups -OCH3 is 1. The number of hydrogen-bond acceptors (Lipinski definition) is 4. The molecule has 0 aromatic heterocycles. The molecule has 2 aromatic rings. The van der Waals surface area contributed by atoms with Gasteiger partial charge >= 0.3 is 0 Å². The lowest BCUT2D eigenvalue weighted by atomic mass is 10.2. The summed E-state index contributed by atoms with van der Waals surface area (Å²) in [6, 6.07) is 12.8. The number of thioether (sulfide) groups is 1. The molecule has 0 bridgehead atoms. The summed E-state index contributed by atoms with van der Waals surface area (Å²) in [5, 5.41) is 3.62. The molecule has 6 heteroatoms. The largest absolute Gasteiger partial charge is 0.493 e. The van der Waals surface area contributed by atoms with Crippen molar-refractivity contribution in [2.75, 3.05) is 26.0 Å². The van der Waals surface area contributed by atoms with Crippen molar-refractivity contribution in [2.24, 2.45) is 0 Å². The molecule has 0 aliphatic rings. The third-order valence-corrected chi connectivity index (χ3v) is 4.46. The van der Waals surface area contributed by atoms with Crippen LogP contribution in [0.2, 0.25) is 5.02 Å². The second kappa shape index (κ2) is 9.45. The van der Waals surface area contributed by atoms with Crippen molar-refractivity contribution >= 4 is 29.3 Å². The van der Waals surface area contributed by atoms with Crippen LogP contribution in [0, 0.1) is 0 Å². The van der Waals surface area contributed by atoms with Crippen LogP contribution in [0.25, 0.3) is 0 Å². The number of carbonyl (C=O) groups excluding carboxylic acids is 1. The summed E-state index contributed by atoms with van der Waals surface area (Å²) in [4.78, 5) is 13.3. The lowest BCUT2D eigenvalue weighted by molar-refractivity contribution is 0.0955. The van der Waals surface area contributed by atoms with Gasteiger partial charge in [0.15, 0.2) is 11.5 Å². The van der Waals surface area contributed by atoms with Crippen molar-refractivity contribution in [1.82, 2.24) is 5.32 Å². The van der Waals surface area contributed by atoms with Gasteiger partial charge in [-0.1, -0.05) is 11.6 Å². The summed E-state index contributed by atoms with van der Waals surface area (Å²) in [7, 11) is 1.56. The first-order chi connectivity index (χ1) is 11.6. The molecule has 0 saturated heterocycles. The SMILES string of the molecule is CCOc1ccc(C(=O)NCCSc2ccc(Cl)cc2)cc1OC. The highest BCUT2D eigenvalue weighted by molar-refractivity contribution is 7.99. The van der Waals surface area contributed by atoms with E-state index in [-0.39, 0.29) is 5.91 Å². The van der Waals surface area contributed by atoms with Crippen molar-refractivity contribution < 1.29 is 14.3 Å². The summed E-state index contributed by atoms with van der Waals surface area (Å²) in [5.74, 6) is 1.84. The predicted octanol–water partition coefficient (Wildman–Crippen LogP) is 4.27. The number of benzene rings is 2. The van der Waals surface area contributed by atoms with Gasteiger partial charge in [0.1, 0.15) is 0 Å². The molecule has 0 saturated carbocycles. The number of amides is 1. The fourth-order valence-electron chi connectivity index (χ4n) is 2.05. The van der Waals surface area contributed by atoms with Crippen LogP contribution in [-0.2, 0) is 0 Å². The lowest BCUT2D eigenvalue weighted by Gasteiger charge is -2.11. The van der Waals surface area contributed by atoms with Gasteiger partial charge in [-0.2, -0.15) is 0 Å². The Labute approximate surface area is 151 Å². The Morgan fingerprint density at radius 2 is 1.92 bits per heavy atom. The average molecular weight is 366 g/mol. The smallest absolute Gasteiger partial charge is 0.251 e. The predicted molar refractivity (Wildman–Crippen MR) is 98.7 cm³/mol. The summed E-state index contributed by atoms with van der Waals surface area (Å²) >= 11 is 7.52. The van der Waals surface area contributed by atoms with Crippen LogP contribution < -0.4 is 14.8 Å². The van der Waals surface area contributed by atoms with Crippen LogP contribution in [0.5, 0.6) is 11.5 Å². The monoisotopic (exact) mass is 365 g/mol. The first-order valence-corrected chi connectivity index (χ1v) is 8.97. The molecule has 1 N–H and O–H groups in total. The molecule has 2 rings (SSSR count). The van der Waals surface area contributed by atoms with Crippen LogP contribution >= 0.6 is 23.4 Å². The molecule has 2 aromatic carbocycles. The van der Waals surface area contributed by atoms with Gasteiger partial charge in [0.2, 0.25) is 0 Å². The minimum absolute atomic E-state index is 0.131. The molecule has 0 aliphatic heterocycles. The van der Waals surface area contributed by atoms with Crippen LogP contribution in [0.3, 0.4) is 0 Å². The molecule has 0 aliphatic carbocycles. The minimum atomic E-state index is -0.131. The topological polar surface area (TPSA) is 47.6 Å². The quantitative estimate of drug-likeness (QED) is 0.560. The molecule has 128 valence electrons. The minimum Gasteiger partial charge on any atom is -0.493 e. The molecular weight excluding hydrogens is 346 g/mol. The normalized spacial score (nSPS) is 10.3. The van der Waals surface area contributed by atoms with Crippen molar-refractivity contribution in [3.8, 4) is 11.5 Å². The van der Waals surface area contributed by atoms with Gasteiger partial charge in [-0.25, -0.2) is 0 Å². The van der Waals surface area contributed by atoms with Crippen LogP contribution in [-0.4, -0.2) is 31.9 Å². The lowest BCUT2D eigenvalue weighted by Crippen LogP contribution is -2.25. The second-order valence-electron chi connectivity index (χ2n) is 4.86. The van der Waals surface area contributed by atoms with Crippen molar-refractivity contribution in [3.63, 3.8) is 0 Å². The first kappa shape index (κ1) is 18.5. The van der Waals surface area contributed by atoms with E-state index in [4.69, 9.17) is 21.1 Å². The Kier molecular flexibility index (Phi) is 7.28. The third-order valence-electron chi connectivity index (χ3n) is 3.20. The molecule has 0 atom stereocenters. The summed E-state index contributed by atoms with van der Waals surface area (Å²) in [6.07, 6.45) is 0. The Morgan fingerprint density at radius 3 is 2.58 bits per heavy atom. The van der Waals surface area contributed by atoms with E-state index < -0.39 is 0 Å². The summed E-state index contributed by atoms with van der Waals surface area (Å²) in [5.41, 5.74) is 0.548. The van der Waals surface area contributed by atoms with E-state index in [2.05, 4.69) is 5.32 Å². The number of nitrogens with one attached hydrogen (secondary N) is 1. The number of carbonyl (C=O) groups is 1. The van der Waals surface area contributed by atoms with Crippen LogP contribution in [0.1, 0.15) is 17.3 Å². The van der Waals surface area contributed by atoms with Crippen molar-refractivity contribution in [1.29, 1.82) is 0 Å². The average Bonchev–Trinajstić information content (AvgIpc) is 2.60. The Morgan fingerprint density at radius 1 is 1.17 bits per heavy atom. The van der Waals surface area contributed by atoms with Crippen molar-refractivity contribution in [3.05, 3.63) is 53.1 Å². The molecule has 0 heterocycles. The molecule has 0 unspecified atom stereocenters. The summed E-state index contributed by atoms with van der Waals surface area (Å²) < 4.78 is 10.7. The maximum absolute atomic E-state index is 12.2. The van der Waals surface area contributed by atoms with E-state index in [9.17, 15) is 4.79 Å². The molecular formula is C18H20ClNO3S. The standard InChI is InChI=1S/C18H20ClNO3S/c1-3-23-16-9-4-13(12-17(16)22-2)18(21)20-10-11-24-15-7-5-14(19)6-8-15/h4-9,12H,3,10-11H2,1-2H3,(H,20,21). The molecule has 0 fully saturated rings. The van der Waals surface area contributed by atoms with Gasteiger partial charge in [-0.3, -0.25) is 4.79 Å². The van der Waals surface area contributed by atoms with Gasteiger partial charge in [0.05, 0.1) is 13.7 Å². The zero-order chi connectivity index (χ0) is 17.4. The molecule has 0 radical (unpaired) electrons. The summed E-state index contributed by atoms with van der Waals surface area (Å²) in [6.45, 7) is 3.02. The highest BCUT2D eigenvalue weighted by atomic mass is 35.5. The first-order valence-electron chi connectivity index (χ1n) is 7.61. The molecule has 0 spiro atoms. The van der Waals surface area contributed by atoms with Gasteiger partial charge in [-0.15, -0.1) is 11.8 Å². The number of ether oxygens (including phenoxy) is 2. The van der Waals surface area contributed by atoms with Gasteiger partial charge in [-0.05, 0) is 49.4 Å². The highest BCUT2D eigenvalue weighted by Crippen LogP contribution is 2.28. The number of halogens is 1. The van der Waals surface area contributed by atoms with E-state index >= 15 is 0 Å². The molecule has 1 amide bonds. The van der Waals surface area contributed by atoms with Crippen LogP contribution in [0.15, 0.2) is 47.4 Å². The van der Waals surface area contributed by atoms with E-state index in [0.717, 1.165) is 15.7 Å². The van der Waals surface area contributed by atoms with Gasteiger partial charge < -0.3 is 14.8 Å². The van der Waals surface area contributed by atoms with Crippen LogP contribution in [0.4, 0.5) is 0 Å². The number of hydrogen-bond donors (Lipinski definition) is 1. The number of rotatable bonds is 8. The second-order valence-corrected chi connectivity index (χ2v) is 6.46. The van der Waals surface area contributed by atoms with Gasteiger partial charge in [0.25, 0.3) is 5.91 Å². The Balaban J connectivity index is 1.84. The zero-order valence-corrected chi connectivity index (χ0v) is 15.2. The molecule has 24 heavy (non-hydrogen) atoms.